The number of ether oxygens (including phenoxy) is 1. The topological polar surface area (TPSA) is 81.5 Å². The van der Waals surface area contributed by atoms with Gasteiger partial charge >= 0.3 is 0 Å². The minimum atomic E-state index is -0.779. The Balaban J connectivity index is 1.80. The minimum Gasteiger partial charge on any atom is -0.476 e. The molecule has 1 unspecified atom stereocenters. The van der Waals surface area contributed by atoms with Crippen LogP contribution in [0.25, 0.3) is 0 Å². The molecule has 1 saturated carbocycles. The van der Waals surface area contributed by atoms with Gasteiger partial charge in [0, 0.05) is 23.7 Å². The molecular formula is C17H16N2O4. The number of carbonyl (C=O) groups is 1. The van der Waals surface area contributed by atoms with Gasteiger partial charge in [0.2, 0.25) is 6.10 Å². The van der Waals surface area contributed by atoms with Crippen molar-refractivity contribution in [3.05, 3.63) is 70.3 Å². The number of non-ortho nitro benzene ring substituents is 1. The van der Waals surface area contributed by atoms with E-state index < -0.39 is 11.0 Å². The number of nitro benzene ring substituents is 1. The Morgan fingerprint density at radius 2 is 1.78 bits per heavy atom. The van der Waals surface area contributed by atoms with Crippen molar-refractivity contribution in [1.29, 1.82) is 0 Å². The zero-order chi connectivity index (χ0) is 16.2. The molecule has 2 aromatic rings. The maximum atomic E-state index is 12.4. The number of benzene rings is 2. The van der Waals surface area contributed by atoms with Crippen LogP contribution < -0.4 is 10.1 Å². The second-order valence-electron chi connectivity index (χ2n) is 5.44. The van der Waals surface area contributed by atoms with Crippen LogP contribution in [0.15, 0.2) is 54.6 Å². The van der Waals surface area contributed by atoms with Gasteiger partial charge in [0.25, 0.3) is 11.6 Å². The molecule has 2 aromatic carbocycles. The van der Waals surface area contributed by atoms with E-state index >= 15 is 0 Å². The number of hydrogen-bond donors (Lipinski definition) is 1. The molecule has 0 radical (unpaired) electrons. The highest BCUT2D eigenvalue weighted by atomic mass is 16.6. The normalized spacial score (nSPS) is 14.8. The molecular weight excluding hydrogens is 296 g/mol. The molecule has 0 spiro atoms. The first-order chi connectivity index (χ1) is 11.1. The molecule has 1 amide bonds. The first kappa shape index (κ1) is 15.0. The average molecular weight is 312 g/mol. The van der Waals surface area contributed by atoms with Crippen LogP contribution in [0.3, 0.4) is 0 Å². The number of nitro groups is 1. The molecule has 6 heteroatoms. The first-order valence-corrected chi connectivity index (χ1v) is 7.40. The van der Waals surface area contributed by atoms with Crippen molar-refractivity contribution < 1.29 is 14.5 Å². The van der Waals surface area contributed by atoms with Gasteiger partial charge in [0.1, 0.15) is 5.75 Å². The van der Waals surface area contributed by atoms with E-state index in [2.05, 4.69) is 5.32 Å². The van der Waals surface area contributed by atoms with E-state index in [1.54, 1.807) is 0 Å². The summed E-state index contributed by atoms with van der Waals surface area (Å²) in [5.74, 6) is 0.215. The molecule has 1 N–H and O–H groups in total. The second kappa shape index (κ2) is 6.48. The van der Waals surface area contributed by atoms with E-state index in [1.165, 1.54) is 24.3 Å². The molecule has 0 heterocycles. The van der Waals surface area contributed by atoms with Crippen molar-refractivity contribution in [2.24, 2.45) is 0 Å². The van der Waals surface area contributed by atoms with Crippen molar-refractivity contribution >= 4 is 11.6 Å². The summed E-state index contributed by atoms with van der Waals surface area (Å²) in [5, 5.41) is 13.6. The molecule has 3 rings (SSSR count). The predicted molar refractivity (Wildman–Crippen MR) is 84.1 cm³/mol. The monoisotopic (exact) mass is 312 g/mol. The summed E-state index contributed by atoms with van der Waals surface area (Å²) in [5.41, 5.74) is 0.722. The van der Waals surface area contributed by atoms with Crippen molar-refractivity contribution in [3.8, 4) is 5.75 Å². The molecule has 1 aliphatic rings. The lowest BCUT2D eigenvalue weighted by atomic mass is 10.1. The molecule has 6 nitrogen and oxygen atoms in total. The Kier molecular flexibility index (Phi) is 4.23. The van der Waals surface area contributed by atoms with Gasteiger partial charge in [-0.05, 0) is 25.0 Å². The molecule has 0 saturated heterocycles. The van der Waals surface area contributed by atoms with Crippen molar-refractivity contribution in [2.45, 2.75) is 25.0 Å². The summed E-state index contributed by atoms with van der Waals surface area (Å²) in [6, 6.07) is 15.1. The summed E-state index contributed by atoms with van der Waals surface area (Å²) in [4.78, 5) is 22.6. The van der Waals surface area contributed by atoms with Crippen LogP contribution in [0.2, 0.25) is 0 Å². The van der Waals surface area contributed by atoms with Gasteiger partial charge in [-0.3, -0.25) is 14.9 Å². The highest BCUT2D eigenvalue weighted by molar-refractivity contribution is 5.83. The summed E-state index contributed by atoms with van der Waals surface area (Å²) < 4.78 is 5.79. The van der Waals surface area contributed by atoms with Gasteiger partial charge < -0.3 is 10.1 Å². The summed E-state index contributed by atoms with van der Waals surface area (Å²) >= 11 is 0. The lowest BCUT2D eigenvalue weighted by Crippen LogP contribution is -2.33. The molecule has 1 fully saturated rings. The standard InChI is InChI=1S/C17H16N2O4/c20-17(18-13-6-7-13)16(12-4-2-1-3-5-12)23-15-10-8-14(9-11-15)19(21)22/h1-5,8-11,13,16H,6-7H2,(H,18,20). The van der Waals surface area contributed by atoms with Crippen molar-refractivity contribution in [2.75, 3.05) is 0 Å². The third-order valence-corrected chi connectivity index (χ3v) is 3.57. The highest BCUT2D eigenvalue weighted by Gasteiger charge is 2.29. The SMILES string of the molecule is O=C(NC1CC1)C(Oc1ccc([N+](=O)[O-])cc1)c1ccccc1. The Labute approximate surface area is 133 Å². The Bertz CT molecular complexity index is 696. The van der Waals surface area contributed by atoms with Crippen LogP contribution in [0.1, 0.15) is 24.5 Å². The largest absolute Gasteiger partial charge is 0.476 e. The maximum absolute atomic E-state index is 12.4. The van der Waals surface area contributed by atoms with Gasteiger partial charge in [0.15, 0.2) is 0 Å². The van der Waals surface area contributed by atoms with Gasteiger partial charge in [-0.1, -0.05) is 30.3 Å². The van der Waals surface area contributed by atoms with Crippen LogP contribution in [-0.4, -0.2) is 16.9 Å². The number of rotatable bonds is 6. The third kappa shape index (κ3) is 3.85. The molecule has 118 valence electrons. The molecule has 0 aromatic heterocycles. The molecule has 0 aliphatic heterocycles. The van der Waals surface area contributed by atoms with Gasteiger partial charge in [-0.15, -0.1) is 0 Å². The third-order valence-electron chi connectivity index (χ3n) is 3.57. The lowest BCUT2D eigenvalue weighted by Gasteiger charge is -2.19. The summed E-state index contributed by atoms with van der Waals surface area (Å²) in [6.07, 6.45) is 1.20. The predicted octanol–water partition coefficient (Wildman–Crippen LogP) is 2.99. The number of nitrogens with one attached hydrogen (secondary N) is 1. The Hall–Kier alpha value is -2.89. The average Bonchev–Trinajstić information content (AvgIpc) is 3.37. The molecule has 23 heavy (non-hydrogen) atoms. The van der Waals surface area contributed by atoms with Crippen LogP contribution in [0, 0.1) is 10.1 Å². The molecule has 1 aliphatic carbocycles. The fourth-order valence-electron chi connectivity index (χ4n) is 2.19. The minimum absolute atomic E-state index is 0.0176. The van der Waals surface area contributed by atoms with Crippen LogP contribution in [0.4, 0.5) is 5.69 Å². The van der Waals surface area contributed by atoms with Crippen molar-refractivity contribution in [1.82, 2.24) is 5.32 Å². The quantitative estimate of drug-likeness (QED) is 0.656. The van der Waals surface area contributed by atoms with Gasteiger partial charge in [-0.25, -0.2) is 0 Å². The van der Waals surface area contributed by atoms with E-state index in [0.717, 1.165) is 18.4 Å². The molecule has 1 atom stereocenters. The van der Waals surface area contributed by atoms with Crippen LogP contribution in [-0.2, 0) is 4.79 Å². The van der Waals surface area contributed by atoms with Crippen molar-refractivity contribution in [3.63, 3.8) is 0 Å². The van der Waals surface area contributed by atoms with E-state index in [-0.39, 0.29) is 17.6 Å². The van der Waals surface area contributed by atoms with E-state index in [1.807, 2.05) is 30.3 Å². The van der Waals surface area contributed by atoms with E-state index in [4.69, 9.17) is 4.74 Å². The Morgan fingerprint density at radius 3 is 2.35 bits per heavy atom. The smallest absolute Gasteiger partial charge is 0.269 e. The number of amides is 1. The fourth-order valence-corrected chi connectivity index (χ4v) is 2.19. The second-order valence-corrected chi connectivity index (χ2v) is 5.44. The first-order valence-electron chi connectivity index (χ1n) is 7.40. The zero-order valence-corrected chi connectivity index (χ0v) is 12.3. The van der Waals surface area contributed by atoms with Crippen LogP contribution >= 0.6 is 0 Å². The summed E-state index contributed by atoms with van der Waals surface area (Å²) in [7, 11) is 0. The number of nitrogens with zero attached hydrogens (tertiary/aromatic N) is 1. The van der Waals surface area contributed by atoms with Gasteiger partial charge in [-0.2, -0.15) is 0 Å². The fraction of sp³-hybridized carbons (Fsp3) is 0.235. The number of carbonyl (C=O) groups excluding carboxylic acids is 1. The van der Waals surface area contributed by atoms with Gasteiger partial charge in [0.05, 0.1) is 4.92 Å². The maximum Gasteiger partial charge on any atom is 0.269 e. The van der Waals surface area contributed by atoms with E-state index in [9.17, 15) is 14.9 Å². The van der Waals surface area contributed by atoms with E-state index in [0.29, 0.717) is 5.75 Å². The van der Waals surface area contributed by atoms with Crippen LogP contribution in [0.5, 0.6) is 5.75 Å². The highest BCUT2D eigenvalue weighted by Crippen LogP contribution is 2.26. The number of hydrogen-bond acceptors (Lipinski definition) is 4. The molecule has 0 bridgehead atoms. The summed E-state index contributed by atoms with van der Waals surface area (Å²) in [6.45, 7) is 0. The Morgan fingerprint density at radius 1 is 1.13 bits per heavy atom. The lowest BCUT2D eigenvalue weighted by molar-refractivity contribution is -0.384. The zero-order valence-electron chi connectivity index (χ0n) is 12.3.